The van der Waals surface area contributed by atoms with Gasteiger partial charge in [-0.05, 0) is 73.2 Å². The number of carbonyl (C=O) groups excluding carboxylic acids is 5. The molecular weight excluding hydrogens is 1160 g/mol. The molecule has 0 amide bonds. The average Bonchev–Trinajstić information content (AvgIpc) is 0.793. The highest BCUT2D eigenvalue weighted by molar-refractivity contribution is 5.92. The maximum atomic E-state index is 15.0. The molecule has 90 heavy (non-hydrogen) atoms. The standard InChI is InChI=1S/C70H68O20/c1-43-54(76-2)58(77-3)55(51(81-43)40-78-39-44-25-11-4-12-26-44)89-69-62(87-67(75)49-35-21-9-22-36-49)60(85-65(73)47-31-17-7-18-32-47)57(52(82-69)41-79-63(71)45-27-13-5-14-28-45)90-70-61(86-66(74)48-33-19-8-20-34-48)59(84-64(72)46-29-15-6-16-30-46)56-53(83-70)42-80-68(88-56)50-37-23-10-24-38-50/h4-38,43,51-62,68-70H,39-42H2,1-3H3/t43-,51?,52+,53-,54?,55-,56+,57+,58+,59?,60?,61?,62?,68?,69+,70+/m0/s1. The van der Waals surface area contributed by atoms with E-state index >= 15 is 0 Å². The summed E-state index contributed by atoms with van der Waals surface area (Å²) in [4.78, 5) is 73.1. The second kappa shape index (κ2) is 30.3. The lowest BCUT2D eigenvalue weighted by atomic mass is 9.93. The van der Waals surface area contributed by atoms with Crippen LogP contribution in [-0.4, -0.2) is 156 Å². The molecule has 11 rings (SSSR count). The van der Waals surface area contributed by atoms with Crippen LogP contribution in [0.1, 0.15) is 76.1 Å². The Bertz CT molecular complexity index is 3420. The minimum atomic E-state index is -1.84. The van der Waals surface area contributed by atoms with E-state index in [0.29, 0.717) is 5.56 Å². The summed E-state index contributed by atoms with van der Waals surface area (Å²) in [5.74, 6) is -4.34. The molecule has 7 unspecified atom stereocenters. The normalized spacial score (nSPS) is 28.0. The summed E-state index contributed by atoms with van der Waals surface area (Å²) in [6.07, 6.45) is -21.6. The highest BCUT2D eigenvalue weighted by atomic mass is 16.8. The fraction of sp³-hybridized carbons (Fsp3) is 0.329. The van der Waals surface area contributed by atoms with E-state index in [4.69, 9.17) is 71.1 Å². The number of fused-ring (bicyclic) bond motifs is 1. The fourth-order valence-electron chi connectivity index (χ4n) is 11.3. The van der Waals surface area contributed by atoms with Gasteiger partial charge in [0.1, 0.15) is 55.4 Å². The maximum Gasteiger partial charge on any atom is 0.338 e. The molecule has 20 heteroatoms. The van der Waals surface area contributed by atoms with E-state index in [1.807, 2.05) is 55.5 Å². The molecular formula is C70H68O20. The van der Waals surface area contributed by atoms with E-state index in [0.717, 1.165) is 5.56 Å². The largest absolute Gasteiger partial charge is 0.459 e. The lowest BCUT2D eigenvalue weighted by Crippen LogP contribution is -2.69. The van der Waals surface area contributed by atoms with Gasteiger partial charge in [-0.2, -0.15) is 0 Å². The molecule has 16 atom stereocenters. The summed E-state index contributed by atoms with van der Waals surface area (Å²) < 4.78 is 98.5. The van der Waals surface area contributed by atoms with Gasteiger partial charge in [0.05, 0.1) is 53.7 Å². The van der Waals surface area contributed by atoms with Gasteiger partial charge in [0.15, 0.2) is 43.3 Å². The highest BCUT2D eigenvalue weighted by Gasteiger charge is 2.60. The maximum absolute atomic E-state index is 15.0. The zero-order valence-electron chi connectivity index (χ0n) is 49.4. The Labute approximate surface area is 519 Å². The van der Waals surface area contributed by atoms with Crippen LogP contribution in [-0.2, 0) is 77.7 Å². The summed E-state index contributed by atoms with van der Waals surface area (Å²) in [6, 6.07) is 59.0. The molecule has 4 heterocycles. The monoisotopic (exact) mass is 1230 g/mol. The molecule has 4 aliphatic rings. The summed E-state index contributed by atoms with van der Waals surface area (Å²) in [5, 5.41) is 0. The number of ether oxygens (including phenoxy) is 15. The first-order valence-corrected chi connectivity index (χ1v) is 29.6. The molecule has 0 bridgehead atoms. The van der Waals surface area contributed by atoms with Gasteiger partial charge in [-0.3, -0.25) is 0 Å². The predicted molar refractivity (Wildman–Crippen MR) is 318 cm³/mol. The number of rotatable bonds is 22. The summed E-state index contributed by atoms with van der Waals surface area (Å²) in [7, 11) is 2.98. The fourth-order valence-corrected chi connectivity index (χ4v) is 11.3. The van der Waals surface area contributed by atoms with E-state index in [1.165, 1.54) is 50.6 Å². The van der Waals surface area contributed by atoms with E-state index in [1.54, 1.807) is 127 Å². The van der Waals surface area contributed by atoms with Crippen molar-refractivity contribution in [1.82, 2.24) is 0 Å². The molecule has 468 valence electrons. The Kier molecular flexibility index (Phi) is 21.3. The first kappa shape index (κ1) is 63.1. The van der Waals surface area contributed by atoms with Crippen molar-refractivity contribution in [3.8, 4) is 0 Å². The minimum Gasteiger partial charge on any atom is -0.459 e. The van der Waals surface area contributed by atoms with Crippen LogP contribution in [0.4, 0.5) is 0 Å². The molecule has 4 aliphatic heterocycles. The first-order chi connectivity index (χ1) is 44.0. The van der Waals surface area contributed by atoms with E-state index in [-0.39, 0.29) is 47.6 Å². The van der Waals surface area contributed by atoms with Crippen molar-refractivity contribution in [2.75, 3.05) is 34.0 Å². The van der Waals surface area contributed by atoms with Crippen LogP contribution in [0.25, 0.3) is 0 Å². The number of hydrogen-bond donors (Lipinski definition) is 0. The van der Waals surface area contributed by atoms with Crippen molar-refractivity contribution in [2.45, 2.75) is 112 Å². The molecule has 4 fully saturated rings. The van der Waals surface area contributed by atoms with Crippen LogP contribution in [0.2, 0.25) is 0 Å². The molecule has 0 saturated carbocycles. The molecule has 0 N–H and O–H groups in total. The van der Waals surface area contributed by atoms with Gasteiger partial charge in [-0.1, -0.05) is 152 Å². The molecule has 0 spiro atoms. The van der Waals surface area contributed by atoms with Crippen LogP contribution in [0.15, 0.2) is 212 Å². The Morgan fingerprint density at radius 2 is 0.800 bits per heavy atom. The average molecular weight is 1230 g/mol. The van der Waals surface area contributed by atoms with Crippen LogP contribution in [0.5, 0.6) is 0 Å². The summed E-state index contributed by atoms with van der Waals surface area (Å²) in [5.41, 5.74) is 2.08. The van der Waals surface area contributed by atoms with Crippen molar-refractivity contribution in [3.05, 3.63) is 251 Å². The van der Waals surface area contributed by atoms with Crippen LogP contribution < -0.4 is 0 Å². The van der Waals surface area contributed by atoms with Crippen molar-refractivity contribution in [2.24, 2.45) is 0 Å². The highest BCUT2D eigenvalue weighted by Crippen LogP contribution is 2.41. The van der Waals surface area contributed by atoms with Crippen molar-refractivity contribution in [1.29, 1.82) is 0 Å². The first-order valence-electron chi connectivity index (χ1n) is 29.6. The van der Waals surface area contributed by atoms with Gasteiger partial charge < -0.3 is 71.1 Å². The Hall–Kier alpha value is -8.51. The third-order valence-corrected chi connectivity index (χ3v) is 15.7. The molecule has 0 aliphatic carbocycles. The smallest absolute Gasteiger partial charge is 0.338 e. The predicted octanol–water partition coefficient (Wildman–Crippen LogP) is 9.11. The van der Waals surface area contributed by atoms with E-state index < -0.39 is 135 Å². The van der Waals surface area contributed by atoms with Gasteiger partial charge in [0.25, 0.3) is 0 Å². The van der Waals surface area contributed by atoms with Gasteiger partial charge >= 0.3 is 29.8 Å². The van der Waals surface area contributed by atoms with Gasteiger partial charge in [-0.15, -0.1) is 0 Å². The molecule has 7 aromatic carbocycles. The third-order valence-electron chi connectivity index (χ3n) is 15.7. The van der Waals surface area contributed by atoms with Gasteiger partial charge in [-0.25, -0.2) is 24.0 Å². The summed E-state index contributed by atoms with van der Waals surface area (Å²) in [6.45, 7) is 1.10. The van der Waals surface area contributed by atoms with Crippen LogP contribution in [0, 0.1) is 0 Å². The zero-order valence-corrected chi connectivity index (χ0v) is 49.4. The lowest BCUT2D eigenvalue weighted by molar-refractivity contribution is -0.389. The minimum absolute atomic E-state index is 0.0581. The zero-order chi connectivity index (χ0) is 62.3. The third kappa shape index (κ3) is 15.2. The second-order valence-electron chi connectivity index (χ2n) is 21.7. The number of benzene rings is 7. The van der Waals surface area contributed by atoms with Crippen LogP contribution >= 0.6 is 0 Å². The molecule has 0 aromatic heterocycles. The number of methoxy groups -OCH3 is 2. The lowest BCUT2D eigenvalue weighted by Gasteiger charge is -2.51. The number of carbonyl (C=O) groups is 5. The SMILES string of the molecule is COC1[C@H](C)OC(COCc2ccccc2)[C@H](O[C@H]2O[C@H](COC(=O)c3ccccc3)[C@@H](O[C@H]3O[C@H]4COC(c5ccccc5)O[C@H]4C(OC(=O)c4ccccc4)C3OC(=O)c3ccccc3)C(OC(=O)c3ccccc3)C2OC(=O)c2ccccc2)[C@@H]1OC. The van der Waals surface area contributed by atoms with Crippen molar-refractivity contribution in [3.63, 3.8) is 0 Å². The Morgan fingerprint density at radius 1 is 0.400 bits per heavy atom. The van der Waals surface area contributed by atoms with Crippen molar-refractivity contribution >= 4 is 29.8 Å². The van der Waals surface area contributed by atoms with E-state index in [2.05, 4.69) is 0 Å². The molecule has 0 radical (unpaired) electrons. The number of hydrogen-bond acceptors (Lipinski definition) is 20. The van der Waals surface area contributed by atoms with Crippen LogP contribution in [0.3, 0.4) is 0 Å². The van der Waals surface area contributed by atoms with Gasteiger partial charge in [0, 0.05) is 19.8 Å². The van der Waals surface area contributed by atoms with Gasteiger partial charge in [0.2, 0.25) is 0 Å². The Balaban J connectivity index is 1.04. The topological polar surface area (TPSA) is 224 Å². The molecule has 7 aromatic rings. The molecule has 20 nitrogen and oxygen atoms in total. The quantitative estimate of drug-likeness (QED) is 0.0455. The van der Waals surface area contributed by atoms with Crippen molar-refractivity contribution < 1.29 is 95.0 Å². The summed E-state index contributed by atoms with van der Waals surface area (Å²) >= 11 is 0. The Morgan fingerprint density at radius 3 is 1.29 bits per heavy atom. The molecule has 4 saturated heterocycles. The second-order valence-corrected chi connectivity index (χ2v) is 21.7. The van der Waals surface area contributed by atoms with E-state index in [9.17, 15) is 24.0 Å². The number of esters is 5.